The number of allylic oxidation sites excluding steroid dienone is 2. The lowest BCUT2D eigenvalue weighted by molar-refractivity contribution is 0.935. The minimum absolute atomic E-state index is 0.231. The van der Waals surface area contributed by atoms with E-state index < -0.39 is 0 Å². The molecule has 0 aromatic carbocycles. The summed E-state index contributed by atoms with van der Waals surface area (Å²) in [7, 11) is 0. The van der Waals surface area contributed by atoms with Gasteiger partial charge in [-0.3, -0.25) is 0 Å². The lowest BCUT2D eigenvalue weighted by Gasteiger charge is -2.08. The SMILES string of the molecule is C/C=C1/C(Cl)=NC#CC1C. The van der Waals surface area contributed by atoms with E-state index in [1.54, 1.807) is 0 Å². The van der Waals surface area contributed by atoms with E-state index in [1.807, 2.05) is 19.9 Å². The Balaban J connectivity index is 2.99. The van der Waals surface area contributed by atoms with E-state index in [4.69, 9.17) is 11.6 Å². The van der Waals surface area contributed by atoms with Crippen LogP contribution in [0.4, 0.5) is 0 Å². The van der Waals surface area contributed by atoms with Crippen molar-refractivity contribution in [2.24, 2.45) is 10.9 Å². The molecule has 1 aliphatic rings. The average Bonchev–Trinajstić information content (AvgIpc) is 1.88. The summed E-state index contributed by atoms with van der Waals surface area (Å²) < 4.78 is 0. The predicted octanol–water partition coefficient (Wildman–Crippen LogP) is 2.18. The Morgan fingerprint density at radius 1 is 1.70 bits per heavy atom. The summed E-state index contributed by atoms with van der Waals surface area (Å²) >= 11 is 5.76. The highest BCUT2D eigenvalue weighted by molar-refractivity contribution is 6.69. The summed E-state index contributed by atoms with van der Waals surface area (Å²) in [6.07, 6.45) is 1.95. The molecule has 2 heteroatoms. The molecule has 1 unspecified atom stereocenters. The molecule has 0 bridgehead atoms. The maximum Gasteiger partial charge on any atom is 0.143 e. The zero-order valence-electron chi connectivity index (χ0n) is 5.98. The van der Waals surface area contributed by atoms with Gasteiger partial charge in [0, 0.05) is 17.5 Å². The molecule has 0 aromatic rings. The van der Waals surface area contributed by atoms with Gasteiger partial charge in [0.1, 0.15) is 5.17 Å². The van der Waals surface area contributed by atoms with Crippen LogP contribution in [-0.4, -0.2) is 5.17 Å². The maximum absolute atomic E-state index is 5.76. The van der Waals surface area contributed by atoms with E-state index in [2.05, 4.69) is 17.0 Å². The molecule has 1 rings (SSSR count). The molecule has 1 nitrogen and oxygen atoms in total. The largest absolute Gasteiger partial charge is 0.185 e. The van der Waals surface area contributed by atoms with Crippen molar-refractivity contribution >= 4 is 16.8 Å². The zero-order chi connectivity index (χ0) is 7.56. The molecular formula is C8H8ClN. The van der Waals surface area contributed by atoms with E-state index in [-0.39, 0.29) is 5.92 Å². The minimum atomic E-state index is 0.231. The Bertz CT molecular complexity index is 252. The molecule has 0 saturated carbocycles. The van der Waals surface area contributed by atoms with Crippen LogP contribution in [0.5, 0.6) is 0 Å². The standard InChI is InChI=1S/C8H8ClN/c1-3-7-6(2)4-5-10-8(7)9/h3,6H,1-2H3/b7-3+. The summed E-state index contributed by atoms with van der Waals surface area (Å²) in [6, 6.07) is 2.61. The predicted molar refractivity (Wildman–Crippen MR) is 44.0 cm³/mol. The fraction of sp³-hybridized carbons (Fsp3) is 0.375. The van der Waals surface area contributed by atoms with Crippen LogP contribution in [0, 0.1) is 17.9 Å². The fourth-order valence-electron chi connectivity index (χ4n) is 0.868. The lowest BCUT2D eigenvalue weighted by Crippen LogP contribution is -2.06. The van der Waals surface area contributed by atoms with Gasteiger partial charge in [-0.2, -0.15) is 4.99 Å². The molecule has 10 heavy (non-hydrogen) atoms. The topological polar surface area (TPSA) is 12.4 Å². The number of hydrogen-bond acceptors (Lipinski definition) is 1. The van der Waals surface area contributed by atoms with Gasteiger partial charge in [-0.15, -0.1) is 0 Å². The normalized spacial score (nSPS) is 27.3. The van der Waals surface area contributed by atoms with Gasteiger partial charge in [0.2, 0.25) is 0 Å². The van der Waals surface area contributed by atoms with E-state index in [9.17, 15) is 0 Å². The summed E-state index contributed by atoms with van der Waals surface area (Å²) in [5.41, 5.74) is 1.03. The van der Waals surface area contributed by atoms with Crippen LogP contribution in [0.25, 0.3) is 0 Å². The Hall–Kier alpha value is -0.740. The number of rotatable bonds is 0. The molecule has 0 spiro atoms. The highest BCUT2D eigenvalue weighted by Gasteiger charge is 2.11. The first-order chi connectivity index (χ1) is 4.75. The maximum atomic E-state index is 5.76. The summed E-state index contributed by atoms with van der Waals surface area (Å²) in [4.78, 5) is 3.79. The summed E-state index contributed by atoms with van der Waals surface area (Å²) in [5.74, 6) is 3.15. The van der Waals surface area contributed by atoms with Crippen LogP contribution < -0.4 is 0 Å². The minimum Gasteiger partial charge on any atom is -0.185 e. The molecule has 0 amide bonds. The van der Waals surface area contributed by atoms with Gasteiger partial charge in [-0.25, -0.2) is 0 Å². The van der Waals surface area contributed by atoms with Crippen molar-refractivity contribution in [1.29, 1.82) is 0 Å². The molecule has 0 radical (unpaired) electrons. The molecule has 0 fully saturated rings. The molecular weight excluding hydrogens is 146 g/mol. The van der Waals surface area contributed by atoms with Crippen molar-refractivity contribution in [2.45, 2.75) is 13.8 Å². The number of halogens is 1. The van der Waals surface area contributed by atoms with Gasteiger partial charge in [0.05, 0.1) is 0 Å². The summed E-state index contributed by atoms with van der Waals surface area (Å²) in [5, 5.41) is 0.536. The van der Waals surface area contributed by atoms with Crippen molar-refractivity contribution in [1.82, 2.24) is 0 Å². The Morgan fingerprint density at radius 2 is 2.40 bits per heavy atom. The van der Waals surface area contributed by atoms with Gasteiger partial charge in [-0.05, 0) is 13.8 Å². The van der Waals surface area contributed by atoms with E-state index in [0.29, 0.717) is 5.17 Å². The third-order valence-electron chi connectivity index (χ3n) is 1.45. The highest BCUT2D eigenvalue weighted by Crippen LogP contribution is 2.16. The fourth-order valence-corrected chi connectivity index (χ4v) is 1.18. The third kappa shape index (κ3) is 1.22. The van der Waals surface area contributed by atoms with Crippen LogP contribution >= 0.6 is 11.6 Å². The third-order valence-corrected chi connectivity index (χ3v) is 1.75. The van der Waals surface area contributed by atoms with Crippen LogP contribution in [0.1, 0.15) is 13.8 Å². The zero-order valence-corrected chi connectivity index (χ0v) is 6.74. The second-order valence-corrected chi connectivity index (χ2v) is 2.48. The van der Waals surface area contributed by atoms with Gasteiger partial charge in [0.15, 0.2) is 0 Å². The second-order valence-electron chi connectivity index (χ2n) is 2.12. The van der Waals surface area contributed by atoms with Gasteiger partial charge < -0.3 is 0 Å². The van der Waals surface area contributed by atoms with Gasteiger partial charge in [0.25, 0.3) is 0 Å². The van der Waals surface area contributed by atoms with Crippen LogP contribution in [-0.2, 0) is 0 Å². The van der Waals surface area contributed by atoms with Gasteiger partial charge in [-0.1, -0.05) is 23.6 Å². The molecule has 0 N–H and O–H groups in total. The molecule has 1 aliphatic heterocycles. The van der Waals surface area contributed by atoms with Crippen molar-refractivity contribution < 1.29 is 0 Å². The average molecular weight is 154 g/mol. The van der Waals surface area contributed by atoms with E-state index in [1.165, 1.54) is 0 Å². The van der Waals surface area contributed by atoms with Crippen LogP contribution in [0.2, 0.25) is 0 Å². The smallest absolute Gasteiger partial charge is 0.143 e. The second kappa shape index (κ2) is 2.90. The number of aliphatic imine (C=N–C) groups is 1. The molecule has 0 aliphatic carbocycles. The number of nitrogens with zero attached hydrogens (tertiary/aromatic N) is 1. The van der Waals surface area contributed by atoms with Gasteiger partial charge >= 0.3 is 0 Å². The first-order valence-corrected chi connectivity index (χ1v) is 3.53. The Labute approximate surface area is 65.8 Å². The first kappa shape index (κ1) is 7.37. The van der Waals surface area contributed by atoms with E-state index >= 15 is 0 Å². The van der Waals surface area contributed by atoms with Crippen molar-refractivity contribution in [3.05, 3.63) is 11.6 Å². The van der Waals surface area contributed by atoms with Crippen LogP contribution in [0.15, 0.2) is 16.6 Å². The lowest BCUT2D eigenvalue weighted by atomic mass is 10.0. The molecule has 1 atom stereocenters. The molecule has 0 aromatic heterocycles. The van der Waals surface area contributed by atoms with Crippen molar-refractivity contribution in [3.63, 3.8) is 0 Å². The van der Waals surface area contributed by atoms with E-state index in [0.717, 1.165) is 5.57 Å². The highest BCUT2D eigenvalue weighted by atomic mass is 35.5. The molecule has 1 heterocycles. The Morgan fingerprint density at radius 3 is 2.80 bits per heavy atom. The quantitative estimate of drug-likeness (QED) is 0.473. The summed E-state index contributed by atoms with van der Waals surface area (Å²) in [6.45, 7) is 3.95. The van der Waals surface area contributed by atoms with Crippen LogP contribution in [0.3, 0.4) is 0 Å². The van der Waals surface area contributed by atoms with Crippen molar-refractivity contribution in [2.75, 3.05) is 0 Å². The van der Waals surface area contributed by atoms with Crippen molar-refractivity contribution in [3.8, 4) is 12.0 Å². The molecule has 52 valence electrons. The first-order valence-electron chi connectivity index (χ1n) is 3.16. The monoisotopic (exact) mass is 153 g/mol. The Kier molecular flexibility index (Phi) is 2.13. The molecule has 0 saturated heterocycles. The number of hydrogen-bond donors (Lipinski definition) is 0.